The van der Waals surface area contributed by atoms with Crippen LogP contribution in [0.1, 0.15) is 49.3 Å². The molecule has 0 radical (unpaired) electrons. The number of benzene rings is 2. The average molecular weight is 433 g/mol. The summed E-state index contributed by atoms with van der Waals surface area (Å²) in [4.78, 5) is 27.4. The third-order valence-electron chi connectivity index (χ3n) is 5.66. The van der Waals surface area contributed by atoms with Crippen LogP contribution in [-0.4, -0.2) is 21.7 Å². The average Bonchev–Trinajstić information content (AvgIpc) is 3.36. The van der Waals surface area contributed by atoms with Crippen LogP contribution >= 0.6 is 0 Å². The SMILES string of the molecule is CC(C)(C)c1ccc(C2/C(=C(\O)c3ccc(F)cc3)C(=O)C(=O)N2Cc2ccco2)cc1. The number of aliphatic hydroxyl groups is 1. The van der Waals surface area contributed by atoms with Gasteiger partial charge in [0, 0.05) is 5.56 Å². The van der Waals surface area contributed by atoms with E-state index in [1.54, 1.807) is 12.1 Å². The molecule has 32 heavy (non-hydrogen) atoms. The van der Waals surface area contributed by atoms with E-state index in [0.717, 1.165) is 5.56 Å². The van der Waals surface area contributed by atoms with Crippen molar-refractivity contribution >= 4 is 17.4 Å². The third kappa shape index (κ3) is 3.96. The van der Waals surface area contributed by atoms with Gasteiger partial charge in [-0.3, -0.25) is 9.59 Å². The first-order valence-electron chi connectivity index (χ1n) is 10.3. The summed E-state index contributed by atoms with van der Waals surface area (Å²) in [6.07, 6.45) is 1.50. The highest BCUT2D eigenvalue weighted by Crippen LogP contribution is 2.40. The quantitative estimate of drug-likeness (QED) is 0.343. The van der Waals surface area contributed by atoms with Gasteiger partial charge in [0.15, 0.2) is 0 Å². The first-order valence-corrected chi connectivity index (χ1v) is 10.3. The van der Waals surface area contributed by atoms with Gasteiger partial charge in [-0.25, -0.2) is 4.39 Å². The Balaban J connectivity index is 1.85. The lowest BCUT2D eigenvalue weighted by Gasteiger charge is -2.26. The zero-order valence-corrected chi connectivity index (χ0v) is 18.1. The Morgan fingerprint density at radius 3 is 2.25 bits per heavy atom. The number of hydrogen-bond donors (Lipinski definition) is 1. The second kappa shape index (κ2) is 8.11. The Bertz CT molecular complexity index is 1170. The van der Waals surface area contributed by atoms with Gasteiger partial charge < -0.3 is 14.4 Å². The summed E-state index contributed by atoms with van der Waals surface area (Å²) in [5, 5.41) is 11.0. The Labute approximate surface area is 185 Å². The summed E-state index contributed by atoms with van der Waals surface area (Å²) in [5.41, 5.74) is 1.95. The normalized spacial score (nSPS) is 18.4. The summed E-state index contributed by atoms with van der Waals surface area (Å²) in [6.45, 7) is 6.36. The minimum atomic E-state index is -0.806. The number of aliphatic hydroxyl groups excluding tert-OH is 1. The van der Waals surface area contributed by atoms with E-state index >= 15 is 0 Å². The van der Waals surface area contributed by atoms with Gasteiger partial charge in [-0.15, -0.1) is 0 Å². The van der Waals surface area contributed by atoms with Crippen molar-refractivity contribution in [3.8, 4) is 0 Å². The molecular formula is C26H24FNO4. The zero-order valence-electron chi connectivity index (χ0n) is 18.1. The molecule has 1 atom stereocenters. The summed E-state index contributed by atoms with van der Waals surface area (Å²) in [7, 11) is 0. The van der Waals surface area contributed by atoms with Crippen molar-refractivity contribution in [3.63, 3.8) is 0 Å². The summed E-state index contributed by atoms with van der Waals surface area (Å²) in [6, 6.07) is 15.4. The number of likely N-dealkylation sites (tertiary alicyclic amines) is 1. The Hall–Kier alpha value is -3.67. The van der Waals surface area contributed by atoms with Crippen LogP contribution in [0, 0.1) is 5.82 Å². The highest BCUT2D eigenvalue weighted by molar-refractivity contribution is 6.46. The number of hydrogen-bond acceptors (Lipinski definition) is 4. The van der Waals surface area contributed by atoms with E-state index in [-0.39, 0.29) is 28.9 Å². The molecule has 164 valence electrons. The van der Waals surface area contributed by atoms with Crippen LogP contribution in [0.15, 0.2) is 76.9 Å². The van der Waals surface area contributed by atoms with Crippen molar-refractivity contribution in [1.29, 1.82) is 0 Å². The van der Waals surface area contributed by atoms with Gasteiger partial charge in [-0.05, 0) is 52.9 Å². The largest absolute Gasteiger partial charge is 0.507 e. The van der Waals surface area contributed by atoms with Crippen molar-refractivity contribution in [2.45, 2.75) is 38.8 Å². The molecule has 1 fully saturated rings. The fourth-order valence-electron chi connectivity index (χ4n) is 3.89. The molecule has 0 spiro atoms. The van der Waals surface area contributed by atoms with Crippen molar-refractivity contribution in [1.82, 2.24) is 4.90 Å². The number of carbonyl (C=O) groups is 2. The Morgan fingerprint density at radius 2 is 1.69 bits per heavy atom. The third-order valence-corrected chi connectivity index (χ3v) is 5.66. The Kier molecular flexibility index (Phi) is 5.46. The van der Waals surface area contributed by atoms with E-state index in [9.17, 15) is 19.1 Å². The smallest absolute Gasteiger partial charge is 0.296 e. The minimum absolute atomic E-state index is 0.0309. The number of halogens is 1. The first kappa shape index (κ1) is 21.6. The number of Topliss-reactive ketones (excluding diaryl/α,β-unsaturated/α-hetero) is 1. The monoisotopic (exact) mass is 433 g/mol. The predicted octanol–water partition coefficient (Wildman–Crippen LogP) is 5.34. The van der Waals surface area contributed by atoms with Crippen LogP contribution in [0.4, 0.5) is 4.39 Å². The van der Waals surface area contributed by atoms with E-state index in [2.05, 4.69) is 20.8 Å². The molecule has 1 aliphatic rings. The molecule has 1 aliphatic heterocycles. The fraction of sp³-hybridized carbons (Fsp3) is 0.231. The molecule has 2 aromatic carbocycles. The van der Waals surface area contributed by atoms with Crippen LogP contribution in [0.25, 0.3) is 5.76 Å². The standard InChI is InChI=1S/C26H24FNO4/c1-26(2,3)18-10-6-16(7-11-18)22-21(23(29)17-8-12-19(27)13-9-17)24(30)25(31)28(22)15-20-5-4-14-32-20/h4-14,22,29H,15H2,1-3H3/b23-21+. The number of amides is 1. The van der Waals surface area contributed by atoms with E-state index in [1.807, 2.05) is 24.3 Å². The maximum Gasteiger partial charge on any atom is 0.296 e. The van der Waals surface area contributed by atoms with Crippen molar-refractivity contribution < 1.29 is 23.5 Å². The van der Waals surface area contributed by atoms with Crippen LogP contribution in [0.3, 0.4) is 0 Å². The maximum atomic E-state index is 13.4. The highest BCUT2D eigenvalue weighted by Gasteiger charge is 2.46. The van der Waals surface area contributed by atoms with Gasteiger partial charge in [-0.1, -0.05) is 45.0 Å². The van der Waals surface area contributed by atoms with Crippen LogP contribution in [0.5, 0.6) is 0 Å². The van der Waals surface area contributed by atoms with Crippen molar-refractivity contribution in [3.05, 3.63) is 101 Å². The molecule has 3 aromatic rings. The van der Waals surface area contributed by atoms with E-state index in [1.165, 1.54) is 35.4 Å². The van der Waals surface area contributed by atoms with Crippen LogP contribution in [0.2, 0.25) is 0 Å². The molecule has 1 amide bonds. The topological polar surface area (TPSA) is 70.8 Å². The minimum Gasteiger partial charge on any atom is -0.507 e. The summed E-state index contributed by atoms with van der Waals surface area (Å²) in [5.74, 6) is -1.80. The second-order valence-corrected chi connectivity index (χ2v) is 8.89. The number of rotatable bonds is 4. The molecule has 1 unspecified atom stereocenters. The van der Waals surface area contributed by atoms with Crippen molar-refractivity contribution in [2.75, 3.05) is 0 Å². The molecule has 1 N–H and O–H groups in total. The van der Waals surface area contributed by atoms with E-state index in [4.69, 9.17) is 4.42 Å². The maximum absolute atomic E-state index is 13.4. The van der Waals surface area contributed by atoms with Crippen LogP contribution < -0.4 is 0 Å². The Morgan fingerprint density at radius 1 is 1.03 bits per heavy atom. The lowest BCUT2D eigenvalue weighted by atomic mass is 9.85. The van der Waals surface area contributed by atoms with Crippen LogP contribution in [-0.2, 0) is 21.5 Å². The predicted molar refractivity (Wildman–Crippen MR) is 118 cm³/mol. The van der Waals surface area contributed by atoms with Gasteiger partial charge >= 0.3 is 0 Å². The molecule has 0 bridgehead atoms. The second-order valence-electron chi connectivity index (χ2n) is 8.89. The molecule has 1 saturated heterocycles. The van der Waals surface area contributed by atoms with Gasteiger partial charge in [-0.2, -0.15) is 0 Å². The molecule has 0 aliphatic carbocycles. The summed E-state index contributed by atoms with van der Waals surface area (Å²) >= 11 is 0. The lowest BCUT2D eigenvalue weighted by Crippen LogP contribution is -2.29. The van der Waals surface area contributed by atoms with Gasteiger partial charge in [0.1, 0.15) is 17.3 Å². The molecule has 0 saturated carbocycles. The number of carbonyl (C=O) groups excluding carboxylic acids is 2. The number of ketones is 1. The molecule has 4 rings (SSSR count). The molecule has 5 nitrogen and oxygen atoms in total. The van der Waals surface area contributed by atoms with Crippen molar-refractivity contribution in [2.24, 2.45) is 0 Å². The lowest BCUT2D eigenvalue weighted by molar-refractivity contribution is -0.140. The number of nitrogens with zero attached hydrogens (tertiary/aromatic N) is 1. The van der Waals surface area contributed by atoms with Gasteiger partial charge in [0.05, 0.1) is 24.4 Å². The summed E-state index contributed by atoms with van der Waals surface area (Å²) < 4.78 is 18.8. The molecular weight excluding hydrogens is 409 g/mol. The molecule has 6 heteroatoms. The van der Waals surface area contributed by atoms with Gasteiger partial charge in [0.2, 0.25) is 0 Å². The number of furan rings is 1. The molecule has 2 heterocycles. The first-order chi connectivity index (χ1) is 15.2. The zero-order chi connectivity index (χ0) is 23.0. The van der Waals surface area contributed by atoms with E-state index < -0.39 is 23.5 Å². The fourth-order valence-corrected chi connectivity index (χ4v) is 3.89. The molecule has 1 aromatic heterocycles. The van der Waals surface area contributed by atoms with Gasteiger partial charge in [0.25, 0.3) is 11.7 Å². The highest BCUT2D eigenvalue weighted by atomic mass is 19.1. The van der Waals surface area contributed by atoms with E-state index in [0.29, 0.717) is 11.3 Å².